The first kappa shape index (κ1) is 32.4. The van der Waals surface area contributed by atoms with Crippen molar-refractivity contribution < 1.29 is 19.1 Å². The van der Waals surface area contributed by atoms with Gasteiger partial charge in [-0.15, -0.1) is 0 Å². The highest BCUT2D eigenvalue weighted by molar-refractivity contribution is 5.84. The fourth-order valence-corrected chi connectivity index (χ4v) is 3.41. The van der Waals surface area contributed by atoms with Gasteiger partial charge in [-0.25, -0.2) is 0 Å². The molecule has 0 aromatic carbocycles. The van der Waals surface area contributed by atoms with Gasteiger partial charge < -0.3 is 14.8 Å². The SMILES string of the molecule is CC(C)(C)C(=O)COCCOCCNC(=O)CCCCCCCCCCCCCCCN=[N+]=[N-]. The van der Waals surface area contributed by atoms with Crippen LogP contribution in [0.4, 0.5) is 0 Å². The average Bonchev–Trinajstić information content (AvgIpc) is 2.79. The third-order valence-corrected chi connectivity index (χ3v) is 5.74. The normalized spacial score (nSPS) is 11.3. The maximum atomic E-state index is 11.8. The van der Waals surface area contributed by atoms with Crippen molar-refractivity contribution in [1.29, 1.82) is 0 Å². The molecule has 0 aliphatic carbocycles. The Balaban J connectivity index is 3.25. The van der Waals surface area contributed by atoms with E-state index < -0.39 is 0 Å². The molecule has 8 nitrogen and oxygen atoms in total. The highest BCUT2D eigenvalue weighted by atomic mass is 16.5. The van der Waals surface area contributed by atoms with Gasteiger partial charge in [0.05, 0.1) is 19.8 Å². The molecule has 198 valence electrons. The standard InChI is InChI=1S/C26H50N4O4/c1-26(2,3)24(31)23-34-22-21-33-20-19-28-25(32)17-15-13-11-9-7-5-4-6-8-10-12-14-16-18-29-30-27/h4-23H2,1-3H3,(H,28,32). The van der Waals surface area contributed by atoms with Gasteiger partial charge in [-0.1, -0.05) is 96.5 Å². The quantitative estimate of drug-likeness (QED) is 0.0729. The Morgan fingerprint density at radius 1 is 0.765 bits per heavy atom. The van der Waals surface area contributed by atoms with Crippen molar-refractivity contribution in [2.45, 2.75) is 111 Å². The van der Waals surface area contributed by atoms with E-state index in [1.807, 2.05) is 20.8 Å². The fourth-order valence-electron chi connectivity index (χ4n) is 3.41. The molecular weight excluding hydrogens is 432 g/mol. The van der Waals surface area contributed by atoms with Gasteiger partial charge in [-0.3, -0.25) is 9.59 Å². The summed E-state index contributed by atoms with van der Waals surface area (Å²) in [6.45, 7) is 8.17. The summed E-state index contributed by atoms with van der Waals surface area (Å²) < 4.78 is 10.7. The minimum Gasteiger partial charge on any atom is -0.377 e. The molecule has 0 bridgehead atoms. The number of amides is 1. The second-order valence-electron chi connectivity index (χ2n) is 9.99. The molecule has 8 heteroatoms. The molecule has 0 aromatic rings. The van der Waals surface area contributed by atoms with Crippen molar-refractivity contribution in [3.63, 3.8) is 0 Å². The van der Waals surface area contributed by atoms with Crippen molar-refractivity contribution in [3.05, 3.63) is 10.4 Å². The third kappa shape index (κ3) is 23.5. The van der Waals surface area contributed by atoms with Crippen LogP contribution in [0.25, 0.3) is 10.4 Å². The lowest BCUT2D eigenvalue weighted by atomic mass is 9.91. The Hall–Kier alpha value is -1.63. The van der Waals surface area contributed by atoms with Gasteiger partial charge in [0, 0.05) is 29.8 Å². The van der Waals surface area contributed by atoms with E-state index in [4.69, 9.17) is 15.0 Å². The fraction of sp³-hybridized carbons (Fsp3) is 0.923. The van der Waals surface area contributed by atoms with Crippen molar-refractivity contribution in [2.75, 3.05) is 39.5 Å². The van der Waals surface area contributed by atoms with E-state index in [1.165, 1.54) is 64.2 Å². The number of nitrogens with one attached hydrogen (secondary N) is 1. The summed E-state index contributed by atoms with van der Waals surface area (Å²) in [6, 6.07) is 0. The molecule has 0 heterocycles. The van der Waals surface area contributed by atoms with E-state index in [2.05, 4.69) is 15.3 Å². The molecule has 0 fully saturated rings. The number of ketones is 1. The van der Waals surface area contributed by atoms with Crippen molar-refractivity contribution in [3.8, 4) is 0 Å². The molecule has 0 aliphatic heterocycles. The largest absolute Gasteiger partial charge is 0.377 e. The molecule has 1 amide bonds. The summed E-state index contributed by atoms with van der Waals surface area (Å²) in [5.41, 5.74) is 7.84. The topological polar surface area (TPSA) is 113 Å². The minimum absolute atomic E-state index is 0.0821. The predicted molar refractivity (Wildman–Crippen MR) is 138 cm³/mol. The van der Waals surface area contributed by atoms with Crippen LogP contribution >= 0.6 is 0 Å². The van der Waals surface area contributed by atoms with Crippen LogP contribution < -0.4 is 5.32 Å². The van der Waals surface area contributed by atoms with Gasteiger partial charge in [-0.2, -0.15) is 0 Å². The van der Waals surface area contributed by atoms with E-state index in [9.17, 15) is 9.59 Å². The summed E-state index contributed by atoms with van der Waals surface area (Å²) in [7, 11) is 0. The molecule has 34 heavy (non-hydrogen) atoms. The van der Waals surface area contributed by atoms with Gasteiger partial charge in [0.25, 0.3) is 0 Å². The Kier molecular flexibility index (Phi) is 22.0. The summed E-state index contributed by atoms with van der Waals surface area (Å²) in [5, 5.41) is 6.44. The summed E-state index contributed by atoms with van der Waals surface area (Å²) in [6.07, 6.45) is 16.4. The highest BCUT2D eigenvalue weighted by Crippen LogP contribution is 2.14. The number of carbonyl (C=O) groups is 2. The number of ether oxygens (including phenoxy) is 2. The van der Waals surface area contributed by atoms with Gasteiger partial charge in [0.2, 0.25) is 5.91 Å². The number of azide groups is 1. The molecule has 0 aromatic heterocycles. The summed E-state index contributed by atoms with van der Waals surface area (Å²) in [4.78, 5) is 26.3. The molecule has 0 saturated heterocycles. The Morgan fingerprint density at radius 3 is 1.79 bits per heavy atom. The number of carbonyl (C=O) groups excluding carboxylic acids is 2. The van der Waals surface area contributed by atoms with Crippen LogP contribution in [0, 0.1) is 5.41 Å². The van der Waals surface area contributed by atoms with Crippen LogP contribution in [0.5, 0.6) is 0 Å². The molecule has 0 rings (SSSR count). The van der Waals surface area contributed by atoms with Gasteiger partial charge in [0.1, 0.15) is 6.61 Å². The Labute approximate surface area is 207 Å². The summed E-state index contributed by atoms with van der Waals surface area (Å²) >= 11 is 0. The first-order chi connectivity index (χ1) is 16.4. The van der Waals surface area contributed by atoms with Crippen molar-refractivity contribution in [1.82, 2.24) is 5.32 Å². The third-order valence-electron chi connectivity index (χ3n) is 5.74. The highest BCUT2D eigenvalue weighted by Gasteiger charge is 2.20. The first-order valence-electron chi connectivity index (χ1n) is 13.3. The maximum Gasteiger partial charge on any atom is 0.220 e. The monoisotopic (exact) mass is 482 g/mol. The Bertz CT molecular complexity index is 557. The Morgan fingerprint density at radius 2 is 1.26 bits per heavy atom. The zero-order valence-electron chi connectivity index (χ0n) is 22.1. The maximum absolute atomic E-state index is 11.8. The van der Waals surface area contributed by atoms with Gasteiger partial charge >= 0.3 is 0 Å². The predicted octanol–water partition coefficient (Wildman–Crippen LogP) is 6.52. The lowest BCUT2D eigenvalue weighted by Crippen LogP contribution is -2.28. The van der Waals surface area contributed by atoms with E-state index in [0.29, 0.717) is 39.3 Å². The van der Waals surface area contributed by atoms with Crippen LogP contribution in [0.1, 0.15) is 111 Å². The zero-order chi connectivity index (χ0) is 25.3. The lowest BCUT2D eigenvalue weighted by molar-refractivity contribution is -0.131. The number of hydrogen-bond donors (Lipinski definition) is 1. The van der Waals surface area contributed by atoms with Crippen LogP contribution in [-0.2, 0) is 19.1 Å². The molecule has 0 atom stereocenters. The molecule has 0 unspecified atom stereocenters. The molecule has 0 aliphatic rings. The number of hydrogen-bond acceptors (Lipinski definition) is 5. The lowest BCUT2D eigenvalue weighted by Gasteiger charge is -2.16. The van der Waals surface area contributed by atoms with Crippen LogP contribution in [0.15, 0.2) is 5.11 Å². The zero-order valence-corrected chi connectivity index (χ0v) is 22.1. The van der Waals surface area contributed by atoms with Crippen LogP contribution in [0.2, 0.25) is 0 Å². The molecular formula is C26H50N4O4. The van der Waals surface area contributed by atoms with Gasteiger partial charge in [0.15, 0.2) is 5.78 Å². The summed E-state index contributed by atoms with van der Waals surface area (Å²) in [5.74, 6) is 0.173. The smallest absolute Gasteiger partial charge is 0.220 e. The molecule has 1 N–H and O–H groups in total. The second kappa shape index (κ2) is 23.1. The second-order valence-corrected chi connectivity index (χ2v) is 9.99. The number of Topliss-reactive ketones (excluding diaryl/α,β-unsaturated/α-hetero) is 1. The van der Waals surface area contributed by atoms with Crippen molar-refractivity contribution >= 4 is 11.7 Å². The van der Waals surface area contributed by atoms with E-state index in [0.717, 1.165) is 19.3 Å². The van der Waals surface area contributed by atoms with E-state index >= 15 is 0 Å². The van der Waals surface area contributed by atoms with Crippen LogP contribution in [-0.4, -0.2) is 51.2 Å². The van der Waals surface area contributed by atoms with E-state index in [-0.39, 0.29) is 23.7 Å². The minimum atomic E-state index is -0.372. The molecule has 0 saturated carbocycles. The van der Waals surface area contributed by atoms with Crippen LogP contribution in [0.3, 0.4) is 0 Å². The molecule has 0 radical (unpaired) electrons. The number of nitrogens with zero attached hydrogens (tertiary/aromatic N) is 3. The van der Waals surface area contributed by atoms with E-state index in [1.54, 1.807) is 0 Å². The first-order valence-corrected chi connectivity index (χ1v) is 13.3. The number of rotatable bonds is 24. The average molecular weight is 483 g/mol. The number of unbranched alkanes of at least 4 members (excludes halogenated alkanes) is 12. The molecule has 0 spiro atoms. The van der Waals surface area contributed by atoms with Crippen molar-refractivity contribution in [2.24, 2.45) is 10.5 Å². The van der Waals surface area contributed by atoms with Gasteiger partial charge in [-0.05, 0) is 18.4 Å².